The summed E-state index contributed by atoms with van der Waals surface area (Å²) in [5, 5.41) is 4.34. The van der Waals surface area contributed by atoms with E-state index in [2.05, 4.69) is 80.0 Å². The maximum atomic E-state index is 6.03. The second kappa shape index (κ2) is 10.7. The van der Waals surface area contributed by atoms with Gasteiger partial charge in [-0.1, -0.05) is 48.5 Å². The van der Waals surface area contributed by atoms with Gasteiger partial charge in [0.05, 0.1) is 27.0 Å². The fraction of sp³-hybridized carbons (Fsp3) is 0.136. The van der Waals surface area contributed by atoms with Gasteiger partial charge in [-0.25, -0.2) is 0 Å². The monoisotopic (exact) mass is 598 g/mol. The summed E-state index contributed by atoms with van der Waals surface area (Å²) in [4.78, 5) is 0. The molecular formula is C22H20I2N2O2. The van der Waals surface area contributed by atoms with Crippen LogP contribution in [-0.4, -0.2) is 13.3 Å². The number of ether oxygens (including phenoxy) is 2. The Hall–Kier alpha value is -1.81. The predicted octanol–water partition coefficient (Wildman–Crippen LogP) is 5.61. The Kier molecular flexibility index (Phi) is 7.96. The van der Waals surface area contributed by atoms with E-state index >= 15 is 0 Å². The molecule has 28 heavy (non-hydrogen) atoms. The molecule has 0 amide bonds. The van der Waals surface area contributed by atoms with Gasteiger partial charge in [0.2, 0.25) is 0 Å². The van der Waals surface area contributed by atoms with Crippen molar-refractivity contribution in [3.05, 3.63) is 90.6 Å². The molecular weight excluding hydrogens is 578 g/mol. The molecule has 0 heterocycles. The Morgan fingerprint density at radius 2 is 1.64 bits per heavy atom. The number of halogens is 2. The summed E-state index contributed by atoms with van der Waals surface area (Å²) in [6.07, 6.45) is 1.82. The van der Waals surface area contributed by atoms with Crippen molar-refractivity contribution in [3.63, 3.8) is 0 Å². The molecule has 0 unspecified atom stereocenters. The number of hydrogen-bond acceptors (Lipinski definition) is 4. The molecule has 0 radical (unpaired) electrons. The van der Waals surface area contributed by atoms with Crippen molar-refractivity contribution in [2.45, 2.75) is 13.2 Å². The number of para-hydroxylation sites is 1. The summed E-state index contributed by atoms with van der Waals surface area (Å²) in [5.41, 5.74) is 6.32. The van der Waals surface area contributed by atoms with Crippen molar-refractivity contribution in [2.75, 3.05) is 7.11 Å². The van der Waals surface area contributed by atoms with Gasteiger partial charge in [-0.05, 0) is 74.5 Å². The Morgan fingerprint density at radius 1 is 0.964 bits per heavy atom. The lowest BCUT2D eigenvalue weighted by molar-refractivity contribution is 0.302. The van der Waals surface area contributed by atoms with Gasteiger partial charge in [0.15, 0.2) is 0 Å². The smallest absolute Gasteiger partial charge is 0.146 e. The van der Waals surface area contributed by atoms with Crippen LogP contribution in [0.4, 0.5) is 0 Å². The Labute approximate surface area is 192 Å². The maximum absolute atomic E-state index is 6.03. The first-order valence-corrected chi connectivity index (χ1v) is 10.9. The Balaban J connectivity index is 1.61. The first kappa shape index (κ1) is 20.9. The highest BCUT2D eigenvalue weighted by atomic mass is 127. The summed E-state index contributed by atoms with van der Waals surface area (Å²) in [6.45, 7) is 1.16. The van der Waals surface area contributed by atoms with Gasteiger partial charge < -0.3 is 14.9 Å². The highest BCUT2D eigenvalue weighted by molar-refractivity contribution is 14.1. The molecule has 144 valence electrons. The Bertz CT molecular complexity index is 923. The quantitative estimate of drug-likeness (QED) is 0.209. The third-order valence-corrected chi connectivity index (χ3v) is 5.62. The SMILES string of the molecule is COc1ccccc1CN/N=C\c1cc(I)c(OCc2ccccc2)c(I)c1. The molecule has 3 aromatic carbocycles. The second-order valence-corrected chi connectivity index (χ2v) is 8.32. The molecule has 0 aromatic heterocycles. The van der Waals surface area contributed by atoms with Gasteiger partial charge in [0.1, 0.15) is 18.1 Å². The van der Waals surface area contributed by atoms with Gasteiger partial charge in [-0.2, -0.15) is 5.10 Å². The van der Waals surface area contributed by atoms with Crippen LogP contribution in [-0.2, 0) is 13.2 Å². The minimum atomic E-state index is 0.556. The van der Waals surface area contributed by atoms with Gasteiger partial charge in [-0.15, -0.1) is 0 Å². The maximum Gasteiger partial charge on any atom is 0.146 e. The van der Waals surface area contributed by atoms with Crippen molar-refractivity contribution >= 4 is 51.4 Å². The lowest BCUT2D eigenvalue weighted by atomic mass is 10.2. The van der Waals surface area contributed by atoms with E-state index in [0.717, 1.165) is 35.3 Å². The second-order valence-electron chi connectivity index (χ2n) is 5.99. The fourth-order valence-electron chi connectivity index (χ4n) is 2.62. The first-order chi connectivity index (χ1) is 13.7. The van der Waals surface area contributed by atoms with Crippen LogP contribution >= 0.6 is 45.2 Å². The number of hydrogen-bond donors (Lipinski definition) is 1. The van der Waals surface area contributed by atoms with Gasteiger partial charge >= 0.3 is 0 Å². The lowest BCUT2D eigenvalue weighted by Gasteiger charge is -2.11. The van der Waals surface area contributed by atoms with Crippen LogP contribution in [0.15, 0.2) is 71.8 Å². The van der Waals surface area contributed by atoms with Crippen LogP contribution < -0.4 is 14.9 Å². The number of nitrogens with zero attached hydrogens (tertiary/aromatic N) is 1. The van der Waals surface area contributed by atoms with E-state index in [1.807, 2.05) is 48.7 Å². The van der Waals surface area contributed by atoms with Gasteiger partial charge in [0.25, 0.3) is 0 Å². The average molecular weight is 598 g/mol. The zero-order valence-corrected chi connectivity index (χ0v) is 19.7. The number of rotatable bonds is 8. The summed E-state index contributed by atoms with van der Waals surface area (Å²) in [5.74, 6) is 1.76. The van der Waals surface area contributed by atoms with Gasteiger partial charge in [0, 0.05) is 5.56 Å². The molecule has 6 heteroatoms. The Morgan fingerprint density at radius 3 is 2.36 bits per heavy atom. The van der Waals surface area contributed by atoms with E-state index < -0.39 is 0 Å². The third kappa shape index (κ3) is 5.84. The zero-order chi connectivity index (χ0) is 19.8. The van der Waals surface area contributed by atoms with Crippen molar-refractivity contribution in [2.24, 2.45) is 5.10 Å². The number of benzene rings is 3. The summed E-state index contributed by atoms with van der Waals surface area (Å²) in [7, 11) is 1.67. The van der Waals surface area contributed by atoms with Crippen LogP contribution in [0.3, 0.4) is 0 Å². The van der Waals surface area contributed by atoms with Crippen molar-refractivity contribution in [1.82, 2.24) is 5.43 Å². The van der Waals surface area contributed by atoms with E-state index in [9.17, 15) is 0 Å². The van der Waals surface area contributed by atoms with E-state index in [1.165, 1.54) is 0 Å². The molecule has 0 saturated carbocycles. The van der Waals surface area contributed by atoms with E-state index in [4.69, 9.17) is 9.47 Å². The van der Waals surface area contributed by atoms with E-state index in [-0.39, 0.29) is 0 Å². The first-order valence-electron chi connectivity index (χ1n) is 8.71. The lowest BCUT2D eigenvalue weighted by Crippen LogP contribution is -2.07. The molecule has 3 aromatic rings. The van der Waals surface area contributed by atoms with Crippen molar-refractivity contribution < 1.29 is 9.47 Å². The third-order valence-electron chi connectivity index (χ3n) is 4.01. The van der Waals surface area contributed by atoms with E-state index in [1.54, 1.807) is 7.11 Å². The molecule has 0 aliphatic carbocycles. The zero-order valence-electron chi connectivity index (χ0n) is 15.4. The highest BCUT2D eigenvalue weighted by Crippen LogP contribution is 2.29. The summed E-state index contributed by atoms with van der Waals surface area (Å²) >= 11 is 4.61. The average Bonchev–Trinajstić information content (AvgIpc) is 2.71. The molecule has 0 fully saturated rings. The standard InChI is InChI=1S/C22H20I2N2O2/c1-27-21-10-6-5-9-18(21)14-26-25-13-17-11-19(23)22(20(24)12-17)28-15-16-7-3-2-4-8-16/h2-13,26H,14-15H2,1H3/b25-13-. The van der Waals surface area contributed by atoms with Crippen LogP contribution in [0.5, 0.6) is 11.5 Å². The molecule has 0 spiro atoms. The predicted molar refractivity (Wildman–Crippen MR) is 130 cm³/mol. The minimum absolute atomic E-state index is 0.556. The molecule has 1 N–H and O–H groups in total. The molecule has 0 bridgehead atoms. The van der Waals surface area contributed by atoms with Crippen molar-refractivity contribution in [1.29, 1.82) is 0 Å². The number of nitrogens with one attached hydrogen (secondary N) is 1. The summed E-state index contributed by atoms with van der Waals surface area (Å²) < 4.78 is 13.5. The molecule has 0 saturated heterocycles. The fourth-order valence-corrected chi connectivity index (χ4v) is 4.75. The number of methoxy groups -OCH3 is 1. The molecule has 0 aliphatic rings. The molecule has 0 aliphatic heterocycles. The topological polar surface area (TPSA) is 42.8 Å². The largest absolute Gasteiger partial charge is 0.496 e. The summed E-state index contributed by atoms with van der Waals surface area (Å²) in [6, 6.07) is 22.2. The van der Waals surface area contributed by atoms with Crippen molar-refractivity contribution in [3.8, 4) is 11.5 Å². The molecule has 0 atom stereocenters. The van der Waals surface area contributed by atoms with Crippen LogP contribution in [0.2, 0.25) is 0 Å². The van der Waals surface area contributed by atoms with E-state index in [0.29, 0.717) is 13.2 Å². The van der Waals surface area contributed by atoms with Crippen LogP contribution in [0.1, 0.15) is 16.7 Å². The van der Waals surface area contributed by atoms with Crippen LogP contribution in [0, 0.1) is 7.14 Å². The highest BCUT2D eigenvalue weighted by Gasteiger charge is 2.09. The minimum Gasteiger partial charge on any atom is -0.496 e. The molecule has 4 nitrogen and oxygen atoms in total. The molecule has 3 rings (SSSR count). The normalized spacial score (nSPS) is 10.8. The van der Waals surface area contributed by atoms with Gasteiger partial charge in [-0.3, -0.25) is 0 Å². The number of hydrazone groups is 1. The van der Waals surface area contributed by atoms with Crippen LogP contribution in [0.25, 0.3) is 0 Å².